The van der Waals surface area contributed by atoms with Gasteiger partial charge in [0.1, 0.15) is 0 Å². The van der Waals surface area contributed by atoms with Gasteiger partial charge in [-0.1, -0.05) is 63.3 Å². The monoisotopic (exact) mass is 376 g/mol. The summed E-state index contributed by atoms with van der Waals surface area (Å²) in [5, 5.41) is 0. The van der Waals surface area contributed by atoms with E-state index in [-0.39, 0.29) is 13.2 Å². The lowest BCUT2D eigenvalue weighted by Crippen LogP contribution is -2.28. The van der Waals surface area contributed by atoms with Crippen LogP contribution in [-0.4, -0.2) is 25.2 Å². The summed E-state index contributed by atoms with van der Waals surface area (Å²) in [5.74, 6) is -1.82. The lowest BCUT2D eigenvalue weighted by molar-refractivity contribution is -0.161. The topological polar surface area (TPSA) is 52.6 Å². The van der Waals surface area contributed by atoms with Crippen LogP contribution >= 0.6 is 0 Å². The third-order valence-corrected chi connectivity index (χ3v) is 4.71. The van der Waals surface area contributed by atoms with Crippen molar-refractivity contribution in [2.45, 2.75) is 78.6 Å². The number of ether oxygens (including phenoxy) is 2. The molecule has 27 heavy (non-hydrogen) atoms. The summed E-state index contributed by atoms with van der Waals surface area (Å²) in [6, 6.07) is 8.51. The molecule has 4 heteroatoms. The number of carbonyl (C=O) groups is 2. The second-order valence-electron chi connectivity index (χ2n) is 6.93. The van der Waals surface area contributed by atoms with Crippen molar-refractivity contribution < 1.29 is 19.1 Å². The van der Waals surface area contributed by atoms with E-state index in [9.17, 15) is 9.59 Å². The van der Waals surface area contributed by atoms with Gasteiger partial charge in [0.05, 0.1) is 13.2 Å². The molecule has 0 atom stereocenters. The standard InChI is InChI=1S/C23H36O4/c1-4-7-8-9-10-11-12-19-13-15-20(16-14-19)17-18-21(22(24)26-5-2)23(25)27-6-3/h13-16,21H,4-12,17-18H2,1-3H3. The van der Waals surface area contributed by atoms with Crippen molar-refractivity contribution in [3.05, 3.63) is 35.4 Å². The molecule has 1 aromatic carbocycles. The highest BCUT2D eigenvalue weighted by Crippen LogP contribution is 2.16. The van der Waals surface area contributed by atoms with Crippen molar-refractivity contribution in [1.29, 1.82) is 0 Å². The fourth-order valence-corrected chi connectivity index (χ4v) is 3.11. The first-order chi connectivity index (χ1) is 13.1. The van der Waals surface area contributed by atoms with Gasteiger partial charge in [-0.05, 0) is 50.7 Å². The molecule has 0 N–H and O–H groups in total. The summed E-state index contributed by atoms with van der Waals surface area (Å²) < 4.78 is 10.0. The van der Waals surface area contributed by atoms with E-state index < -0.39 is 17.9 Å². The fourth-order valence-electron chi connectivity index (χ4n) is 3.11. The number of benzene rings is 1. The van der Waals surface area contributed by atoms with E-state index in [0.29, 0.717) is 12.8 Å². The smallest absolute Gasteiger partial charge is 0.320 e. The molecule has 0 radical (unpaired) electrons. The Kier molecular flexibility index (Phi) is 12.2. The minimum absolute atomic E-state index is 0.266. The molecule has 0 aliphatic rings. The zero-order valence-electron chi connectivity index (χ0n) is 17.3. The van der Waals surface area contributed by atoms with Crippen LogP contribution < -0.4 is 0 Å². The van der Waals surface area contributed by atoms with Crippen LogP contribution in [0.25, 0.3) is 0 Å². The maximum atomic E-state index is 12.0. The molecule has 1 rings (SSSR count). The number of rotatable bonds is 14. The second-order valence-corrected chi connectivity index (χ2v) is 6.93. The average Bonchev–Trinajstić information content (AvgIpc) is 2.66. The molecule has 0 heterocycles. The lowest BCUT2D eigenvalue weighted by atomic mass is 9.98. The van der Waals surface area contributed by atoms with Gasteiger partial charge < -0.3 is 9.47 Å². The Labute approximate surface area is 164 Å². The molecule has 0 aliphatic heterocycles. The molecule has 0 saturated heterocycles. The molecular weight excluding hydrogens is 340 g/mol. The third kappa shape index (κ3) is 9.60. The number of hydrogen-bond acceptors (Lipinski definition) is 4. The van der Waals surface area contributed by atoms with Crippen LogP contribution in [0.15, 0.2) is 24.3 Å². The van der Waals surface area contributed by atoms with Crippen LogP contribution in [0, 0.1) is 5.92 Å². The summed E-state index contributed by atoms with van der Waals surface area (Å²) in [4.78, 5) is 24.0. The van der Waals surface area contributed by atoms with Gasteiger partial charge in [0.25, 0.3) is 0 Å². The van der Waals surface area contributed by atoms with Gasteiger partial charge in [-0.15, -0.1) is 0 Å². The van der Waals surface area contributed by atoms with Crippen LogP contribution in [-0.2, 0) is 31.9 Å². The van der Waals surface area contributed by atoms with Crippen LogP contribution in [0.2, 0.25) is 0 Å². The third-order valence-electron chi connectivity index (χ3n) is 4.71. The highest BCUT2D eigenvalue weighted by atomic mass is 16.6. The van der Waals surface area contributed by atoms with Gasteiger partial charge >= 0.3 is 11.9 Å². The predicted octanol–water partition coefficient (Wildman–Crippen LogP) is 5.26. The van der Waals surface area contributed by atoms with Gasteiger partial charge in [0.2, 0.25) is 0 Å². The van der Waals surface area contributed by atoms with Crippen molar-refractivity contribution in [3.63, 3.8) is 0 Å². The van der Waals surface area contributed by atoms with Gasteiger partial charge in [0, 0.05) is 0 Å². The largest absolute Gasteiger partial charge is 0.465 e. The Hall–Kier alpha value is -1.84. The Bertz CT molecular complexity index is 518. The van der Waals surface area contributed by atoms with Gasteiger partial charge in [-0.25, -0.2) is 0 Å². The zero-order chi connectivity index (χ0) is 19.9. The molecule has 0 saturated carbocycles. The number of unbranched alkanes of at least 4 members (excludes halogenated alkanes) is 5. The molecule has 0 bridgehead atoms. The van der Waals surface area contributed by atoms with E-state index in [4.69, 9.17) is 9.47 Å². The van der Waals surface area contributed by atoms with Gasteiger partial charge in [-0.3, -0.25) is 9.59 Å². The summed E-state index contributed by atoms with van der Waals surface area (Å²) >= 11 is 0. The van der Waals surface area contributed by atoms with Crippen LogP contribution in [0.5, 0.6) is 0 Å². The first kappa shape index (κ1) is 23.2. The Morgan fingerprint density at radius 1 is 0.741 bits per heavy atom. The summed E-state index contributed by atoms with van der Waals surface area (Å²) in [6.07, 6.45) is 10.0. The normalized spacial score (nSPS) is 10.8. The minimum Gasteiger partial charge on any atom is -0.465 e. The zero-order valence-corrected chi connectivity index (χ0v) is 17.3. The average molecular weight is 377 g/mol. The van der Waals surface area contributed by atoms with Crippen molar-refractivity contribution in [3.8, 4) is 0 Å². The van der Waals surface area contributed by atoms with E-state index in [1.807, 2.05) is 0 Å². The summed E-state index contributed by atoms with van der Waals surface area (Å²) in [6.45, 7) is 6.25. The maximum Gasteiger partial charge on any atom is 0.320 e. The molecule has 0 amide bonds. The molecule has 0 aliphatic carbocycles. The SMILES string of the molecule is CCCCCCCCc1ccc(CCC(C(=O)OCC)C(=O)OCC)cc1. The quantitative estimate of drug-likeness (QED) is 0.252. The Morgan fingerprint density at radius 2 is 1.22 bits per heavy atom. The number of esters is 2. The maximum absolute atomic E-state index is 12.0. The fraction of sp³-hybridized carbons (Fsp3) is 0.652. The highest BCUT2D eigenvalue weighted by Gasteiger charge is 2.29. The lowest BCUT2D eigenvalue weighted by Gasteiger charge is -2.14. The van der Waals surface area contributed by atoms with Crippen LogP contribution in [0.3, 0.4) is 0 Å². The second kappa shape index (κ2) is 14.2. The summed E-state index contributed by atoms with van der Waals surface area (Å²) in [7, 11) is 0. The molecule has 0 unspecified atom stereocenters. The predicted molar refractivity (Wildman–Crippen MR) is 109 cm³/mol. The Morgan fingerprint density at radius 3 is 1.74 bits per heavy atom. The minimum atomic E-state index is -0.840. The number of aryl methyl sites for hydroxylation is 2. The molecule has 4 nitrogen and oxygen atoms in total. The van der Waals surface area contributed by atoms with Crippen molar-refractivity contribution >= 4 is 11.9 Å². The van der Waals surface area contributed by atoms with Crippen molar-refractivity contribution in [2.75, 3.05) is 13.2 Å². The van der Waals surface area contributed by atoms with E-state index >= 15 is 0 Å². The van der Waals surface area contributed by atoms with E-state index in [2.05, 4.69) is 31.2 Å². The molecule has 1 aromatic rings. The first-order valence-corrected chi connectivity index (χ1v) is 10.5. The summed E-state index contributed by atoms with van der Waals surface area (Å²) in [5.41, 5.74) is 2.47. The van der Waals surface area contributed by atoms with Crippen molar-refractivity contribution in [1.82, 2.24) is 0 Å². The van der Waals surface area contributed by atoms with Gasteiger partial charge in [-0.2, -0.15) is 0 Å². The van der Waals surface area contributed by atoms with Crippen LogP contribution in [0.1, 0.15) is 76.8 Å². The number of hydrogen-bond donors (Lipinski definition) is 0. The molecule has 0 aromatic heterocycles. The number of carbonyl (C=O) groups excluding carboxylic acids is 2. The van der Waals surface area contributed by atoms with Crippen LogP contribution in [0.4, 0.5) is 0 Å². The molecule has 0 fully saturated rings. The molecular formula is C23H36O4. The Balaban J connectivity index is 2.45. The first-order valence-electron chi connectivity index (χ1n) is 10.5. The van der Waals surface area contributed by atoms with E-state index in [0.717, 1.165) is 12.0 Å². The van der Waals surface area contributed by atoms with E-state index in [1.165, 1.54) is 44.1 Å². The van der Waals surface area contributed by atoms with Crippen molar-refractivity contribution in [2.24, 2.45) is 5.92 Å². The van der Waals surface area contributed by atoms with Gasteiger partial charge in [0.15, 0.2) is 5.92 Å². The molecule has 152 valence electrons. The highest BCUT2D eigenvalue weighted by molar-refractivity contribution is 5.94. The molecule has 0 spiro atoms. The van der Waals surface area contributed by atoms with E-state index in [1.54, 1.807) is 13.8 Å².